The summed E-state index contributed by atoms with van der Waals surface area (Å²) in [5.74, 6) is -0.115. The van der Waals surface area contributed by atoms with Gasteiger partial charge in [0.25, 0.3) is 5.91 Å². The molecule has 0 aromatic heterocycles. The van der Waals surface area contributed by atoms with Crippen LogP contribution in [-0.2, 0) is 4.79 Å². The third-order valence-electron chi connectivity index (χ3n) is 5.71. The fourth-order valence-corrected chi connectivity index (χ4v) is 4.16. The average molecular weight is 487 g/mol. The van der Waals surface area contributed by atoms with Gasteiger partial charge in [-0.05, 0) is 69.0 Å². The Morgan fingerprint density at radius 1 is 1.03 bits per heavy atom. The van der Waals surface area contributed by atoms with Crippen LogP contribution in [0.4, 0.5) is 10.5 Å². The smallest absolute Gasteiger partial charge is 0.321 e. The highest BCUT2D eigenvalue weighted by Crippen LogP contribution is 2.23. The van der Waals surface area contributed by atoms with E-state index in [-0.39, 0.29) is 29.8 Å². The zero-order valence-corrected chi connectivity index (χ0v) is 20.4. The second kappa shape index (κ2) is 11.7. The summed E-state index contributed by atoms with van der Waals surface area (Å²) in [5, 5.41) is 9.21. The minimum absolute atomic E-state index is 0.0627. The van der Waals surface area contributed by atoms with Crippen molar-refractivity contribution in [2.45, 2.75) is 38.8 Å². The van der Waals surface area contributed by atoms with Gasteiger partial charge < -0.3 is 25.6 Å². The number of halogens is 1. The van der Waals surface area contributed by atoms with E-state index in [2.05, 4.69) is 16.0 Å². The summed E-state index contributed by atoms with van der Waals surface area (Å²) in [7, 11) is 1.53. The lowest BCUT2D eigenvalue weighted by Crippen LogP contribution is -2.55. The Morgan fingerprint density at radius 2 is 1.74 bits per heavy atom. The molecule has 0 aliphatic carbocycles. The molecule has 1 aliphatic rings. The summed E-state index contributed by atoms with van der Waals surface area (Å²) in [6.45, 7) is 4.69. The number of likely N-dealkylation sites (tertiary alicyclic amines) is 1. The fraction of sp³-hybridized carbons (Fsp3) is 0.400. The number of hydrogen-bond donors (Lipinski definition) is 3. The molecule has 1 unspecified atom stereocenters. The summed E-state index contributed by atoms with van der Waals surface area (Å²) in [6, 6.07) is 12.8. The minimum Gasteiger partial charge on any atom is -0.497 e. The number of urea groups is 1. The highest BCUT2D eigenvalue weighted by Gasteiger charge is 2.34. The van der Waals surface area contributed by atoms with Crippen LogP contribution in [0.1, 0.15) is 37.0 Å². The Labute approximate surface area is 205 Å². The SMILES string of the molecule is COc1cccc(C(=O)NC(C(=O)NC(C)C)C2CCN(C(=O)Nc3cccc(Cl)c3)CC2)c1. The molecule has 1 aliphatic heterocycles. The minimum atomic E-state index is -0.709. The molecule has 0 spiro atoms. The predicted molar refractivity (Wildman–Crippen MR) is 132 cm³/mol. The van der Waals surface area contributed by atoms with E-state index in [1.807, 2.05) is 13.8 Å². The highest BCUT2D eigenvalue weighted by atomic mass is 35.5. The number of rotatable bonds is 7. The standard InChI is InChI=1S/C25H31ClN4O4/c1-16(2)27-24(32)22(29-23(31)18-6-4-9-21(14-18)34-3)17-10-12-30(13-11-17)25(33)28-20-8-5-7-19(26)15-20/h4-9,14-17,22H,10-13H2,1-3H3,(H,27,32)(H,28,33)(H,29,31). The van der Waals surface area contributed by atoms with Crippen molar-refractivity contribution in [1.82, 2.24) is 15.5 Å². The molecule has 2 aromatic rings. The number of piperidine rings is 1. The van der Waals surface area contributed by atoms with Gasteiger partial charge in [-0.3, -0.25) is 9.59 Å². The van der Waals surface area contributed by atoms with E-state index in [0.717, 1.165) is 0 Å². The van der Waals surface area contributed by atoms with Crippen LogP contribution in [-0.4, -0.2) is 55.0 Å². The fourth-order valence-electron chi connectivity index (χ4n) is 3.97. The van der Waals surface area contributed by atoms with Gasteiger partial charge >= 0.3 is 6.03 Å². The van der Waals surface area contributed by atoms with Crippen LogP contribution in [0, 0.1) is 5.92 Å². The Morgan fingerprint density at radius 3 is 2.38 bits per heavy atom. The number of carbonyl (C=O) groups is 3. The number of benzene rings is 2. The number of nitrogens with zero attached hydrogens (tertiary/aromatic N) is 1. The Bertz CT molecular complexity index is 1020. The number of carbonyl (C=O) groups excluding carboxylic acids is 3. The van der Waals surface area contributed by atoms with Crippen molar-refractivity contribution in [3.63, 3.8) is 0 Å². The first-order valence-corrected chi connectivity index (χ1v) is 11.7. The third-order valence-corrected chi connectivity index (χ3v) is 5.94. The Balaban J connectivity index is 1.65. The molecule has 1 saturated heterocycles. The zero-order chi connectivity index (χ0) is 24.7. The highest BCUT2D eigenvalue weighted by molar-refractivity contribution is 6.30. The molecule has 0 saturated carbocycles. The summed E-state index contributed by atoms with van der Waals surface area (Å²) in [5.41, 5.74) is 1.04. The van der Waals surface area contributed by atoms with E-state index in [0.29, 0.717) is 48.0 Å². The van der Waals surface area contributed by atoms with Crippen LogP contribution in [0.2, 0.25) is 5.02 Å². The van der Waals surface area contributed by atoms with Crippen molar-refractivity contribution in [3.8, 4) is 5.75 Å². The molecule has 0 radical (unpaired) electrons. The quantitative estimate of drug-likeness (QED) is 0.552. The van der Waals surface area contributed by atoms with Crippen molar-refractivity contribution < 1.29 is 19.1 Å². The lowest BCUT2D eigenvalue weighted by Gasteiger charge is -2.36. The second-order valence-electron chi connectivity index (χ2n) is 8.61. The van der Waals surface area contributed by atoms with Gasteiger partial charge in [-0.2, -0.15) is 0 Å². The maximum absolute atomic E-state index is 13.0. The molecular weight excluding hydrogens is 456 g/mol. The van der Waals surface area contributed by atoms with Gasteiger partial charge in [-0.1, -0.05) is 23.7 Å². The molecule has 3 rings (SSSR count). The first-order chi connectivity index (χ1) is 16.3. The van der Waals surface area contributed by atoms with Gasteiger partial charge in [-0.15, -0.1) is 0 Å². The van der Waals surface area contributed by atoms with E-state index in [1.54, 1.807) is 53.4 Å². The van der Waals surface area contributed by atoms with Crippen molar-refractivity contribution >= 4 is 35.1 Å². The molecule has 34 heavy (non-hydrogen) atoms. The van der Waals surface area contributed by atoms with Gasteiger partial charge in [0.05, 0.1) is 7.11 Å². The predicted octanol–water partition coefficient (Wildman–Crippen LogP) is 3.92. The van der Waals surface area contributed by atoms with Gasteiger partial charge in [-0.25, -0.2) is 4.79 Å². The molecule has 2 aromatic carbocycles. The normalized spacial score (nSPS) is 14.9. The molecule has 1 fully saturated rings. The summed E-state index contributed by atoms with van der Waals surface area (Å²) in [4.78, 5) is 40.3. The van der Waals surface area contributed by atoms with Crippen LogP contribution in [0.15, 0.2) is 48.5 Å². The lowest BCUT2D eigenvalue weighted by molar-refractivity contribution is -0.125. The number of hydrogen-bond acceptors (Lipinski definition) is 4. The van der Waals surface area contributed by atoms with E-state index >= 15 is 0 Å². The molecule has 4 amide bonds. The molecule has 0 bridgehead atoms. The molecule has 1 heterocycles. The lowest BCUT2D eigenvalue weighted by atomic mass is 9.88. The number of anilines is 1. The number of ether oxygens (including phenoxy) is 1. The van der Waals surface area contributed by atoms with Crippen molar-refractivity contribution in [1.29, 1.82) is 0 Å². The van der Waals surface area contributed by atoms with Crippen molar-refractivity contribution in [3.05, 3.63) is 59.1 Å². The van der Waals surface area contributed by atoms with Crippen LogP contribution in [0.5, 0.6) is 5.75 Å². The topological polar surface area (TPSA) is 99.8 Å². The van der Waals surface area contributed by atoms with Crippen LogP contribution >= 0.6 is 11.6 Å². The third kappa shape index (κ3) is 6.87. The summed E-state index contributed by atoms with van der Waals surface area (Å²) < 4.78 is 5.20. The first-order valence-electron chi connectivity index (χ1n) is 11.3. The maximum Gasteiger partial charge on any atom is 0.321 e. The van der Waals surface area contributed by atoms with Gasteiger partial charge in [0.2, 0.25) is 5.91 Å². The number of amides is 4. The Kier molecular flexibility index (Phi) is 8.76. The average Bonchev–Trinajstić information content (AvgIpc) is 2.82. The van der Waals surface area contributed by atoms with E-state index in [9.17, 15) is 14.4 Å². The maximum atomic E-state index is 13.0. The van der Waals surface area contributed by atoms with Gasteiger partial charge in [0.1, 0.15) is 11.8 Å². The van der Waals surface area contributed by atoms with E-state index in [4.69, 9.17) is 16.3 Å². The van der Waals surface area contributed by atoms with Gasteiger partial charge in [0.15, 0.2) is 0 Å². The second-order valence-corrected chi connectivity index (χ2v) is 9.05. The van der Waals surface area contributed by atoms with E-state index in [1.165, 1.54) is 7.11 Å². The van der Waals surface area contributed by atoms with Gasteiger partial charge in [0, 0.05) is 35.4 Å². The summed E-state index contributed by atoms with van der Waals surface area (Å²) in [6.07, 6.45) is 1.16. The zero-order valence-electron chi connectivity index (χ0n) is 19.6. The number of methoxy groups -OCH3 is 1. The van der Waals surface area contributed by atoms with Crippen molar-refractivity contribution in [2.75, 3.05) is 25.5 Å². The molecule has 1 atom stereocenters. The number of nitrogens with one attached hydrogen (secondary N) is 3. The Hall–Kier alpha value is -3.26. The molecular formula is C25H31ClN4O4. The van der Waals surface area contributed by atoms with E-state index < -0.39 is 6.04 Å². The van der Waals surface area contributed by atoms with Crippen molar-refractivity contribution in [2.24, 2.45) is 5.92 Å². The monoisotopic (exact) mass is 486 g/mol. The summed E-state index contributed by atoms with van der Waals surface area (Å²) >= 11 is 5.99. The molecule has 182 valence electrons. The van der Waals surface area contributed by atoms with Crippen LogP contribution in [0.3, 0.4) is 0 Å². The molecule has 3 N–H and O–H groups in total. The molecule has 8 nitrogen and oxygen atoms in total. The molecule has 9 heteroatoms. The van der Waals surface area contributed by atoms with Crippen LogP contribution < -0.4 is 20.7 Å². The largest absolute Gasteiger partial charge is 0.497 e. The van der Waals surface area contributed by atoms with Crippen LogP contribution in [0.25, 0.3) is 0 Å². The first kappa shape index (κ1) is 25.4.